The molecule has 0 bridgehead atoms. The maximum absolute atomic E-state index is 12.7. The Morgan fingerprint density at radius 3 is 2.73 bits per heavy atom. The molecule has 1 aliphatic heterocycles. The number of nitrogens with zero attached hydrogens (tertiary/aromatic N) is 2. The van der Waals surface area contributed by atoms with Crippen LogP contribution in [0.25, 0.3) is 0 Å². The van der Waals surface area contributed by atoms with E-state index in [4.69, 9.17) is 4.74 Å². The van der Waals surface area contributed by atoms with E-state index in [1.165, 1.54) is 16.9 Å². The molecule has 132 valence electrons. The molecule has 26 heavy (non-hydrogen) atoms. The Bertz CT molecular complexity index is 939. The molecule has 4 rings (SSSR count). The number of anilines is 1. The molecule has 0 saturated carbocycles. The Morgan fingerprint density at radius 1 is 1.12 bits per heavy atom. The smallest absolute Gasteiger partial charge is 0.261 e. The molecule has 1 amide bonds. The van der Waals surface area contributed by atoms with Crippen molar-refractivity contribution >= 4 is 22.4 Å². The lowest BCUT2D eigenvalue weighted by molar-refractivity contribution is 0.102. The standard InChI is InChI=1S/C20H19N3O2S/c1-12-13(2)25-18-15(12)9-6-10-16(18)19(24)21-20-23-22-17(26-20)11-14-7-4-3-5-8-14/h3-10,12-13H,11H2,1-2H3,(H,21,23,24). The fourth-order valence-electron chi connectivity index (χ4n) is 3.08. The van der Waals surface area contributed by atoms with Crippen molar-refractivity contribution in [3.63, 3.8) is 0 Å². The Morgan fingerprint density at radius 2 is 1.92 bits per heavy atom. The van der Waals surface area contributed by atoms with Gasteiger partial charge in [0.15, 0.2) is 0 Å². The predicted molar refractivity (Wildman–Crippen MR) is 102 cm³/mol. The van der Waals surface area contributed by atoms with Crippen molar-refractivity contribution in [2.75, 3.05) is 5.32 Å². The number of nitrogens with one attached hydrogen (secondary N) is 1. The molecular formula is C20H19N3O2S. The molecule has 2 heterocycles. The Labute approximate surface area is 156 Å². The van der Waals surface area contributed by atoms with E-state index in [9.17, 15) is 4.79 Å². The van der Waals surface area contributed by atoms with Gasteiger partial charge in [0, 0.05) is 17.9 Å². The molecule has 2 atom stereocenters. The van der Waals surface area contributed by atoms with Gasteiger partial charge in [-0.05, 0) is 18.6 Å². The maximum Gasteiger partial charge on any atom is 0.261 e. The lowest BCUT2D eigenvalue weighted by Gasteiger charge is -2.08. The fourth-order valence-corrected chi connectivity index (χ4v) is 3.84. The van der Waals surface area contributed by atoms with E-state index in [-0.39, 0.29) is 17.9 Å². The lowest BCUT2D eigenvalue weighted by Crippen LogP contribution is -2.14. The average molecular weight is 365 g/mol. The van der Waals surface area contributed by atoms with Gasteiger partial charge in [-0.15, -0.1) is 10.2 Å². The summed E-state index contributed by atoms with van der Waals surface area (Å²) in [5.74, 6) is 0.737. The van der Waals surface area contributed by atoms with Crippen LogP contribution in [0.2, 0.25) is 0 Å². The first-order valence-corrected chi connectivity index (χ1v) is 9.40. The number of fused-ring (bicyclic) bond motifs is 1. The van der Waals surface area contributed by atoms with E-state index in [0.29, 0.717) is 22.9 Å². The van der Waals surface area contributed by atoms with E-state index in [2.05, 4.69) is 22.4 Å². The number of ether oxygens (including phenoxy) is 1. The maximum atomic E-state index is 12.7. The lowest BCUT2D eigenvalue weighted by atomic mass is 9.97. The minimum Gasteiger partial charge on any atom is -0.489 e. The van der Waals surface area contributed by atoms with Crippen LogP contribution in [0.5, 0.6) is 5.75 Å². The van der Waals surface area contributed by atoms with Gasteiger partial charge in [0.05, 0.1) is 5.56 Å². The van der Waals surface area contributed by atoms with Gasteiger partial charge in [0.25, 0.3) is 5.91 Å². The SMILES string of the molecule is CC1Oc2c(C(=O)Nc3nnc(Cc4ccccc4)s3)cccc2C1C. The second kappa shape index (κ2) is 6.88. The van der Waals surface area contributed by atoms with E-state index in [1.54, 1.807) is 6.07 Å². The van der Waals surface area contributed by atoms with Crippen molar-refractivity contribution in [3.05, 3.63) is 70.2 Å². The highest BCUT2D eigenvalue weighted by Crippen LogP contribution is 2.40. The number of hydrogen-bond donors (Lipinski definition) is 1. The summed E-state index contributed by atoms with van der Waals surface area (Å²) in [5, 5.41) is 12.5. The van der Waals surface area contributed by atoms with Gasteiger partial charge in [-0.3, -0.25) is 10.1 Å². The molecule has 3 aromatic rings. The first kappa shape index (κ1) is 16.7. The summed E-state index contributed by atoms with van der Waals surface area (Å²) in [7, 11) is 0. The van der Waals surface area contributed by atoms with Gasteiger partial charge in [0.2, 0.25) is 5.13 Å². The van der Waals surface area contributed by atoms with Gasteiger partial charge in [0.1, 0.15) is 16.9 Å². The molecule has 0 aliphatic carbocycles. The van der Waals surface area contributed by atoms with Gasteiger partial charge >= 0.3 is 0 Å². The molecule has 5 nitrogen and oxygen atoms in total. The quantitative estimate of drug-likeness (QED) is 0.750. The minimum atomic E-state index is -0.217. The highest BCUT2D eigenvalue weighted by molar-refractivity contribution is 7.15. The second-order valence-corrected chi connectivity index (χ2v) is 7.52. The second-order valence-electron chi connectivity index (χ2n) is 6.45. The molecule has 0 spiro atoms. The zero-order valence-electron chi connectivity index (χ0n) is 14.6. The first-order valence-electron chi connectivity index (χ1n) is 8.59. The van der Waals surface area contributed by atoms with E-state index < -0.39 is 0 Å². The van der Waals surface area contributed by atoms with Crippen molar-refractivity contribution in [1.82, 2.24) is 10.2 Å². The van der Waals surface area contributed by atoms with Crippen molar-refractivity contribution in [1.29, 1.82) is 0 Å². The number of benzene rings is 2. The molecule has 1 aromatic heterocycles. The third-order valence-electron chi connectivity index (χ3n) is 4.67. The fraction of sp³-hybridized carbons (Fsp3) is 0.250. The van der Waals surface area contributed by atoms with Gasteiger partial charge in [-0.1, -0.05) is 60.7 Å². The molecule has 1 N–H and O–H groups in total. The molecule has 6 heteroatoms. The number of carbonyl (C=O) groups excluding carboxylic acids is 1. The summed E-state index contributed by atoms with van der Waals surface area (Å²) < 4.78 is 5.90. The monoisotopic (exact) mass is 365 g/mol. The molecule has 1 aliphatic rings. The molecule has 0 saturated heterocycles. The van der Waals surface area contributed by atoms with Gasteiger partial charge < -0.3 is 4.74 Å². The Balaban J connectivity index is 1.50. The van der Waals surface area contributed by atoms with Crippen LogP contribution >= 0.6 is 11.3 Å². The Hall–Kier alpha value is -2.73. The van der Waals surface area contributed by atoms with Crippen molar-refractivity contribution in [2.45, 2.75) is 32.3 Å². The van der Waals surface area contributed by atoms with Gasteiger partial charge in [-0.25, -0.2) is 0 Å². The van der Waals surface area contributed by atoms with Crippen LogP contribution in [0.4, 0.5) is 5.13 Å². The van der Waals surface area contributed by atoms with E-state index in [0.717, 1.165) is 10.6 Å². The summed E-state index contributed by atoms with van der Waals surface area (Å²) in [5.41, 5.74) is 2.78. The number of para-hydroxylation sites is 1. The van der Waals surface area contributed by atoms with E-state index in [1.807, 2.05) is 49.4 Å². The number of hydrogen-bond acceptors (Lipinski definition) is 5. The van der Waals surface area contributed by atoms with Crippen LogP contribution < -0.4 is 10.1 Å². The zero-order chi connectivity index (χ0) is 18.1. The van der Waals surface area contributed by atoms with Crippen molar-refractivity contribution in [3.8, 4) is 5.75 Å². The predicted octanol–water partition coefficient (Wildman–Crippen LogP) is 4.27. The normalized spacial score (nSPS) is 18.2. The average Bonchev–Trinajstić information content (AvgIpc) is 3.20. The minimum absolute atomic E-state index is 0.0676. The molecular weight excluding hydrogens is 346 g/mol. The summed E-state index contributed by atoms with van der Waals surface area (Å²) >= 11 is 1.39. The molecule has 2 unspecified atom stereocenters. The summed E-state index contributed by atoms with van der Waals surface area (Å²) in [6.45, 7) is 4.13. The highest BCUT2D eigenvalue weighted by Gasteiger charge is 2.31. The summed E-state index contributed by atoms with van der Waals surface area (Å²) in [6.07, 6.45) is 0.769. The first-order chi connectivity index (χ1) is 12.6. The number of aromatic nitrogens is 2. The van der Waals surface area contributed by atoms with Crippen LogP contribution in [0, 0.1) is 0 Å². The van der Waals surface area contributed by atoms with Gasteiger partial charge in [-0.2, -0.15) is 0 Å². The van der Waals surface area contributed by atoms with Crippen LogP contribution in [-0.4, -0.2) is 22.2 Å². The largest absolute Gasteiger partial charge is 0.489 e. The molecule has 0 fully saturated rings. The van der Waals surface area contributed by atoms with Crippen LogP contribution in [0.3, 0.4) is 0 Å². The van der Waals surface area contributed by atoms with E-state index >= 15 is 0 Å². The van der Waals surface area contributed by atoms with Crippen molar-refractivity contribution in [2.24, 2.45) is 0 Å². The van der Waals surface area contributed by atoms with Crippen molar-refractivity contribution < 1.29 is 9.53 Å². The third kappa shape index (κ3) is 3.20. The van der Waals surface area contributed by atoms with Crippen LogP contribution in [-0.2, 0) is 6.42 Å². The summed E-state index contributed by atoms with van der Waals surface area (Å²) in [6, 6.07) is 15.8. The highest BCUT2D eigenvalue weighted by atomic mass is 32.1. The summed E-state index contributed by atoms with van der Waals surface area (Å²) in [4.78, 5) is 12.7. The third-order valence-corrected chi connectivity index (χ3v) is 5.51. The van der Waals surface area contributed by atoms with Crippen LogP contribution in [0.15, 0.2) is 48.5 Å². The Kier molecular flexibility index (Phi) is 4.42. The number of amides is 1. The zero-order valence-corrected chi connectivity index (χ0v) is 15.4. The number of carbonyl (C=O) groups is 1. The molecule has 0 radical (unpaired) electrons. The van der Waals surface area contributed by atoms with Crippen LogP contribution in [0.1, 0.15) is 46.3 Å². The topological polar surface area (TPSA) is 64.1 Å². The molecule has 2 aromatic carbocycles. The number of rotatable bonds is 4.